The van der Waals surface area contributed by atoms with E-state index >= 15 is 0 Å². The van der Waals surface area contributed by atoms with Gasteiger partial charge in [-0.25, -0.2) is 4.79 Å². The number of fused-ring (bicyclic) bond motifs is 1. The molecule has 7 heteroatoms. The lowest BCUT2D eigenvalue weighted by Crippen LogP contribution is -2.26. The van der Waals surface area contributed by atoms with Gasteiger partial charge >= 0.3 is 5.97 Å². The summed E-state index contributed by atoms with van der Waals surface area (Å²) in [6.45, 7) is 2.07. The first-order chi connectivity index (χ1) is 10.9. The van der Waals surface area contributed by atoms with Crippen LogP contribution in [-0.2, 0) is 16.0 Å². The normalized spacial score (nSPS) is 12.5. The Morgan fingerprint density at radius 1 is 1.43 bits per heavy atom. The maximum atomic E-state index is 11.3. The van der Waals surface area contributed by atoms with Crippen LogP contribution in [0.15, 0.2) is 12.1 Å². The molecule has 1 aliphatic rings. The van der Waals surface area contributed by atoms with Gasteiger partial charge in [0.1, 0.15) is 0 Å². The number of carboxylic acids is 1. The van der Waals surface area contributed by atoms with E-state index < -0.39 is 5.97 Å². The molecule has 2 rings (SSSR count). The Kier molecular flexibility index (Phi) is 5.10. The van der Waals surface area contributed by atoms with Crippen LogP contribution in [0.3, 0.4) is 0 Å². The summed E-state index contributed by atoms with van der Waals surface area (Å²) in [4.78, 5) is 23.8. The topological polar surface area (TPSA) is 85.3 Å². The minimum Gasteiger partial charge on any atom is -0.492 e. The van der Waals surface area contributed by atoms with Crippen molar-refractivity contribution in [1.29, 1.82) is 0 Å². The number of carbonyl (C=O) groups excluding carboxylic acids is 1. The molecule has 0 aliphatic carbocycles. The lowest BCUT2D eigenvalue weighted by Gasteiger charge is -2.17. The molecule has 124 valence electrons. The van der Waals surface area contributed by atoms with Gasteiger partial charge in [0.2, 0.25) is 18.4 Å². The lowest BCUT2D eigenvalue weighted by atomic mass is 10.0. The predicted molar refractivity (Wildman–Crippen MR) is 82.8 cm³/mol. The summed E-state index contributed by atoms with van der Waals surface area (Å²) in [5, 5.41) is 8.88. The summed E-state index contributed by atoms with van der Waals surface area (Å²) >= 11 is 0. The molecule has 1 amide bonds. The molecule has 0 fully saturated rings. The van der Waals surface area contributed by atoms with Crippen LogP contribution in [0.1, 0.15) is 18.1 Å². The van der Waals surface area contributed by atoms with Gasteiger partial charge in [-0.05, 0) is 24.1 Å². The number of carboxylic acid groups (broad SMARTS) is 1. The molecule has 1 aromatic rings. The van der Waals surface area contributed by atoms with Crippen LogP contribution in [-0.4, -0.2) is 49.4 Å². The number of ether oxygens (including phenoxy) is 3. The molecule has 0 spiro atoms. The van der Waals surface area contributed by atoms with Crippen molar-refractivity contribution >= 4 is 18.0 Å². The number of methoxy groups -OCH3 is 1. The van der Waals surface area contributed by atoms with E-state index in [9.17, 15) is 9.59 Å². The van der Waals surface area contributed by atoms with E-state index in [1.165, 1.54) is 20.1 Å². The van der Waals surface area contributed by atoms with Crippen molar-refractivity contribution in [2.45, 2.75) is 13.3 Å². The number of likely N-dealkylation sites (N-methyl/N-ethyl adjacent to an activating group) is 1. The van der Waals surface area contributed by atoms with Gasteiger partial charge in [-0.1, -0.05) is 0 Å². The maximum absolute atomic E-state index is 11.3. The molecule has 0 aromatic heterocycles. The van der Waals surface area contributed by atoms with Gasteiger partial charge in [-0.15, -0.1) is 0 Å². The number of rotatable bonds is 6. The number of hydrogen-bond donors (Lipinski definition) is 1. The molecule has 1 aliphatic heterocycles. The Labute approximate surface area is 134 Å². The standard InChI is InChI=1S/C16H19NO6/c1-10(18)17(2)7-6-11-8-13-16(23-9-22-13)15(21-3)12(11)4-5-14(19)20/h4-5,8H,6-7,9H2,1-3H3,(H,19,20). The highest BCUT2D eigenvalue weighted by atomic mass is 16.7. The van der Waals surface area contributed by atoms with Crippen LogP contribution in [0.4, 0.5) is 0 Å². The van der Waals surface area contributed by atoms with E-state index in [-0.39, 0.29) is 12.7 Å². The summed E-state index contributed by atoms with van der Waals surface area (Å²) in [5.41, 5.74) is 1.42. The molecule has 0 saturated heterocycles. The summed E-state index contributed by atoms with van der Waals surface area (Å²) < 4.78 is 16.2. The Morgan fingerprint density at radius 3 is 2.78 bits per heavy atom. The zero-order chi connectivity index (χ0) is 17.0. The highest BCUT2D eigenvalue weighted by Crippen LogP contribution is 2.45. The molecular weight excluding hydrogens is 302 g/mol. The van der Waals surface area contributed by atoms with Gasteiger partial charge in [0.25, 0.3) is 0 Å². The maximum Gasteiger partial charge on any atom is 0.328 e. The molecule has 1 N–H and O–H groups in total. The minimum atomic E-state index is -1.06. The fraction of sp³-hybridized carbons (Fsp3) is 0.375. The van der Waals surface area contributed by atoms with Crippen molar-refractivity contribution in [1.82, 2.24) is 4.90 Å². The second-order valence-corrected chi connectivity index (χ2v) is 5.08. The Morgan fingerprint density at radius 2 is 2.17 bits per heavy atom. The van der Waals surface area contributed by atoms with Gasteiger partial charge in [0.05, 0.1) is 7.11 Å². The van der Waals surface area contributed by atoms with E-state index in [1.807, 2.05) is 0 Å². The van der Waals surface area contributed by atoms with Crippen molar-refractivity contribution in [2.75, 3.05) is 27.5 Å². The third-order valence-corrected chi connectivity index (χ3v) is 3.59. The van der Waals surface area contributed by atoms with Crippen molar-refractivity contribution in [3.8, 4) is 17.2 Å². The van der Waals surface area contributed by atoms with E-state index in [0.29, 0.717) is 35.8 Å². The van der Waals surface area contributed by atoms with Crippen LogP contribution < -0.4 is 14.2 Å². The second-order valence-electron chi connectivity index (χ2n) is 5.08. The SMILES string of the molecule is COc1c(C=CC(=O)O)c(CCN(C)C(C)=O)cc2c1OCO2. The number of benzene rings is 1. The Hall–Kier alpha value is -2.70. The average Bonchev–Trinajstić information content (AvgIpc) is 2.97. The van der Waals surface area contributed by atoms with Gasteiger partial charge in [-0.3, -0.25) is 4.79 Å². The number of nitrogens with zero attached hydrogens (tertiary/aromatic N) is 1. The number of aliphatic carboxylic acids is 1. The molecule has 0 saturated carbocycles. The Balaban J connectivity index is 2.42. The monoisotopic (exact) mass is 321 g/mol. The summed E-state index contributed by atoms with van der Waals surface area (Å²) in [6, 6.07) is 1.79. The third-order valence-electron chi connectivity index (χ3n) is 3.59. The average molecular weight is 321 g/mol. The van der Waals surface area contributed by atoms with Gasteiger partial charge in [-0.2, -0.15) is 0 Å². The fourth-order valence-corrected chi connectivity index (χ4v) is 2.27. The van der Waals surface area contributed by atoms with Crippen LogP contribution >= 0.6 is 0 Å². The van der Waals surface area contributed by atoms with Crippen LogP contribution in [0, 0.1) is 0 Å². The van der Waals surface area contributed by atoms with Crippen molar-refractivity contribution < 1.29 is 28.9 Å². The van der Waals surface area contributed by atoms with Crippen LogP contribution in [0.5, 0.6) is 17.2 Å². The number of carbonyl (C=O) groups is 2. The first kappa shape index (κ1) is 16.7. The molecule has 7 nitrogen and oxygen atoms in total. The largest absolute Gasteiger partial charge is 0.492 e. The minimum absolute atomic E-state index is 0.0414. The van der Waals surface area contributed by atoms with Crippen molar-refractivity contribution in [3.05, 3.63) is 23.3 Å². The van der Waals surface area contributed by atoms with E-state index in [1.54, 1.807) is 18.0 Å². The quantitative estimate of drug-likeness (QED) is 0.800. The Bertz CT molecular complexity index is 652. The first-order valence-electron chi connectivity index (χ1n) is 7.06. The summed E-state index contributed by atoms with van der Waals surface area (Å²) in [6.07, 6.45) is 3.03. The number of hydrogen-bond acceptors (Lipinski definition) is 5. The lowest BCUT2D eigenvalue weighted by molar-refractivity contribution is -0.131. The van der Waals surface area contributed by atoms with E-state index in [4.69, 9.17) is 19.3 Å². The van der Waals surface area contributed by atoms with Crippen molar-refractivity contribution in [3.63, 3.8) is 0 Å². The molecular formula is C16H19NO6. The molecule has 0 unspecified atom stereocenters. The van der Waals surface area contributed by atoms with Gasteiger partial charge in [0.15, 0.2) is 11.5 Å². The molecule has 0 atom stereocenters. The predicted octanol–water partition coefficient (Wildman–Crippen LogP) is 1.54. The molecule has 1 aromatic carbocycles. The van der Waals surface area contributed by atoms with Crippen molar-refractivity contribution in [2.24, 2.45) is 0 Å². The second kappa shape index (κ2) is 7.04. The van der Waals surface area contributed by atoms with E-state index in [2.05, 4.69) is 0 Å². The van der Waals surface area contributed by atoms with Gasteiger partial charge < -0.3 is 24.2 Å². The smallest absolute Gasteiger partial charge is 0.328 e. The molecule has 1 heterocycles. The zero-order valence-electron chi connectivity index (χ0n) is 13.3. The third kappa shape index (κ3) is 3.74. The van der Waals surface area contributed by atoms with Crippen LogP contribution in [0.25, 0.3) is 6.08 Å². The number of amides is 1. The molecule has 0 bridgehead atoms. The van der Waals surface area contributed by atoms with E-state index in [0.717, 1.165) is 11.6 Å². The summed E-state index contributed by atoms with van der Waals surface area (Å²) in [7, 11) is 3.19. The zero-order valence-corrected chi connectivity index (χ0v) is 13.3. The highest BCUT2D eigenvalue weighted by molar-refractivity contribution is 5.87. The summed E-state index contributed by atoms with van der Waals surface area (Å²) in [5.74, 6) is 0.339. The fourth-order valence-electron chi connectivity index (χ4n) is 2.27. The molecule has 23 heavy (non-hydrogen) atoms. The highest BCUT2D eigenvalue weighted by Gasteiger charge is 2.24. The molecule has 0 radical (unpaired) electrons. The van der Waals surface area contributed by atoms with Gasteiger partial charge in [0, 0.05) is 32.2 Å². The van der Waals surface area contributed by atoms with Crippen LogP contribution in [0.2, 0.25) is 0 Å². The first-order valence-corrected chi connectivity index (χ1v) is 7.06.